The fraction of sp³-hybridized carbons (Fsp3) is 0.143. The van der Waals surface area contributed by atoms with Crippen molar-refractivity contribution in [3.05, 3.63) is 87.6 Å². The van der Waals surface area contributed by atoms with E-state index in [1.165, 1.54) is 0 Å². The summed E-state index contributed by atoms with van der Waals surface area (Å²) in [7, 11) is 0. The van der Waals surface area contributed by atoms with Gasteiger partial charge < -0.3 is 19.6 Å². The van der Waals surface area contributed by atoms with Crippen molar-refractivity contribution in [1.29, 1.82) is 0 Å². The summed E-state index contributed by atoms with van der Waals surface area (Å²) < 4.78 is 16.4. The molecule has 1 atom stereocenters. The number of nitrogens with two attached hydrogens (primary N) is 1. The maximum absolute atomic E-state index is 12.8. The zero-order valence-corrected chi connectivity index (χ0v) is 14.6. The van der Waals surface area contributed by atoms with Gasteiger partial charge in [-0.15, -0.1) is 0 Å². The highest BCUT2D eigenvalue weighted by Gasteiger charge is 2.39. The second kappa shape index (κ2) is 6.64. The molecule has 2 heterocycles. The molecule has 0 spiro atoms. The second-order valence-corrected chi connectivity index (χ2v) is 6.07. The summed E-state index contributed by atoms with van der Waals surface area (Å²) in [5, 5.41) is 0.610. The average Bonchev–Trinajstić information content (AvgIpc) is 2.68. The van der Waals surface area contributed by atoms with Gasteiger partial charge in [-0.2, -0.15) is 0 Å². The molecule has 1 aliphatic heterocycles. The Morgan fingerprint density at radius 2 is 1.81 bits per heavy atom. The molecule has 0 bridgehead atoms. The fourth-order valence-electron chi connectivity index (χ4n) is 3.35. The minimum Gasteiger partial charge on any atom is -0.462 e. The molecule has 2 aromatic carbocycles. The van der Waals surface area contributed by atoms with Gasteiger partial charge >= 0.3 is 11.6 Å². The second-order valence-electron chi connectivity index (χ2n) is 6.07. The molecule has 6 heteroatoms. The first-order valence-electron chi connectivity index (χ1n) is 8.57. The predicted octanol–water partition coefficient (Wildman–Crippen LogP) is 3.05. The van der Waals surface area contributed by atoms with Crippen LogP contribution in [0, 0.1) is 0 Å². The minimum absolute atomic E-state index is 0.0782. The summed E-state index contributed by atoms with van der Waals surface area (Å²) in [5.41, 5.74) is 6.98. The Morgan fingerprint density at radius 1 is 1.11 bits per heavy atom. The van der Waals surface area contributed by atoms with Crippen LogP contribution >= 0.6 is 0 Å². The molecule has 2 N–H and O–H groups in total. The van der Waals surface area contributed by atoms with E-state index in [-0.39, 0.29) is 23.6 Å². The molecule has 4 rings (SSSR count). The highest BCUT2D eigenvalue weighted by Crippen LogP contribution is 2.43. The van der Waals surface area contributed by atoms with E-state index in [1.807, 2.05) is 36.4 Å². The number of ether oxygens (including phenoxy) is 2. The predicted molar refractivity (Wildman–Crippen MR) is 99.2 cm³/mol. The molecule has 1 aromatic heterocycles. The van der Waals surface area contributed by atoms with Gasteiger partial charge in [0, 0.05) is 0 Å². The molecular weight excluding hydrogens is 346 g/mol. The summed E-state index contributed by atoms with van der Waals surface area (Å²) in [6, 6.07) is 16.2. The maximum atomic E-state index is 12.8. The number of carbonyl (C=O) groups excluding carboxylic acids is 1. The number of hydrogen-bond acceptors (Lipinski definition) is 6. The lowest BCUT2D eigenvalue weighted by Crippen LogP contribution is -2.31. The maximum Gasteiger partial charge on any atom is 0.344 e. The Labute approximate surface area is 154 Å². The Balaban J connectivity index is 2.04. The summed E-state index contributed by atoms with van der Waals surface area (Å²) in [6.45, 7) is 1.88. The third-order valence-corrected chi connectivity index (χ3v) is 4.48. The monoisotopic (exact) mass is 363 g/mol. The van der Waals surface area contributed by atoms with E-state index in [4.69, 9.17) is 19.6 Å². The smallest absolute Gasteiger partial charge is 0.344 e. The van der Waals surface area contributed by atoms with Gasteiger partial charge in [0.05, 0.1) is 23.5 Å². The van der Waals surface area contributed by atoms with Crippen LogP contribution < -0.4 is 16.1 Å². The molecule has 1 unspecified atom stereocenters. The van der Waals surface area contributed by atoms with Crippen molar-refractivity contribution in [3.63, 3.8) is 0 Å². The molecule has 27 heavy (non-hydrogen) atoms. The van der Waals surface area contributed by atoms with E-state index in [0.717, 1.165) is 5.56 Å². The van der Waals surface area contributed by atoms with Crippen LogP contribution in [0.4, 0.5) is 0 Å². The fourth-order valence-corrected chi connectivity index (χ4v) is 3.35. The van der Waals surface area contributed by atoms with Gasteiger partial charge in [0.25, 0.3) is 0 Å². The molecule has 0 saturated carbocycles. The quantitative estimate of drug-likeness (QED) is 0.568. The number of rotatable bonds is 3. The van der Waals surface area contributed by atoms with Crippen LogP contribution in [0.25, 0.3) is 11.0 Å². The lowest BCUT2D eigenvalue weighted by Gasteiger charge is -2.27. The third-order valence-electron chi connectivity index (χ3n) is 4.48. The first kappa shape index (κ1) is 16.9. The molecule has 0 amide bonds. The average molecular weight is 363 g/mol. The molecule has 136 valence electrons. The number of esters is 1. The Kier molecular flexibility index (Phi) is 4.16. The first-order valence-corrected chi connectivity index (χ1v) is 8.57. The van der Waals surface area contributed by atoms with Crippen molar-refractivity contribution < 1.29 is 18.7 Å². The first-order chi connectivity index (χ1) is 13.1. The summed E-state index contributed by atoms with van der Waals surface area (Å²) in [6.07, 6.45) is 0. The Bertz CT molecular complexity index is 1110. The van der Waals surface area contributed by atoms with E-state index >= 15 is 0 Å². The lowest BCUT2D eigenvalue weighted by molar-refractivity contribution is -0.139. The van der Waals surface area contributed by atoms with Crippen LogP contribution in [0.2, 0.25) is 0 Å². The van der Waals surface area contributed by atoms with Gasteiger partial charge in [-0.05, 0) is 24.6 Å². The SMILES string of the molecule is CCOC(=O)C1=C(N)Oc2c(c(=O)oc3ccccc23)C1c1ccccc1. The van der Waals surface area contributed by atoms with E-state index in [2.05, 4.69) is 0 Å². The minimum atomic E-state index is -0.741. The summed E-state index contributed by atoms with van der Waals surface area (Å²) in [5.74, 6) is -1.14. The van der Waals surface area contributed by atoms with Crippen molar-refractivity contribution in [3.8, 4) is 5.75 Å². The molecule has 1 aliphatic rings. The van der Waals surface area contributed by atoms with Crippen molar-refractivity contribution >= 4 is 16.9 Å². The number of para-hydroxylation sites is 1. The topological polar surface area (TPSA) is 91.8 Å². The summed E-state index contributed by atoms with van der Waals surface area (Å²) >= 11 is 0. The lowest BCUT2D eigenvalue weighted by atomic mass is 9.83. The van der Waals surface area contributed by atoms with Gasteiger partial charge in [-0.3, -0.25) is 0 Å². The number of carbonyl (C=O) groups is 1. The zero-order chi connectivity index (χ0) is 19.0. The molecule has 3 aromatic rings. The molecule has 0 saturated heterocycles. The van der Waals surface area contributed by atoms with Crippen LogP contribution in [0.3, 0.4) is 0 Å². The van der Waals surface area contributed by atoms with Crippen LogP contribution in [-0.4, -0.2) is 12.6 Å². The van der Waals surface area contributed by atoms with Gasteiger partial charge in [-0.25, -0.2) is 9.59 Å². The van der Waals surface area contributed by atoms with Gasteiger partial charge in [-0.1, -0.05) is 42.5 Å². The van der Waals surface area contributed by atoms with E-state index in [9.17, 15) is 9.59 Å². The molecule has 0 fully saturated rings. The van der Waals surface area contributed by atoms with E-state index in [1.54, 1.807) is 25.1 Å². The normalized spacial score (nSPS) is 16.0. The van der Waals surface area contributed by atoms with Crippen LogP contribution in [0.15, 0.2) is 75.3 Å². The highest BCUT2D eigenvalue weighted by atomic mass is 16.5. The van der Waals surface area contributed by atoms with Crippen LogP contribution in [0.1, 0.15) is 24.0 Å². The standard InChI is InChI=1S/C21H17NO5/c1-2-25-20(23)17-15(12-8-4-3-5-9-12)16-18(27-19(17)22)13-10-6-7-11-14(13)26-21(16)24/h3-11,15H,2,22H2,1H3. The van der Waals surface area contributed by atoms with E-state index in [0.29, 0.717) is 16.7 Å². The molecular formula is C21H17NO5. The molecule has 0 aliphatic carbocycles. The molecule has 6 nitrogen and oxygen atoms in total. The van der Waals surface area contributed by atoms with Crippen LogP contribution in [-0.2, 0) is 9.53 Å². The van der Waals surface area contributed by atoms with Crippen molar-refractivity contribution in [2.75, 3.05) is 6.61 Å². The summed E-state index contributed by atoms with van der Waals surface area (Å²) in [4.78, 5) is 25.4. The number of benzene rings is 2. The Hall–Kier alpha value is -3.54. The third kappa shape index (κ3) is 2.75. The zero-order valence-electron chi connectivity index (χ0n) is 14.6. The van der Waals surface area contributed by atoms with Crippen molar-refractivity contribution in [2.24, 2.45) is 5.73 Å². The Morgan fingerprint density at radius 3 is 2.56 bits per heavy atom. The van der Waals surface area contributed by atoms with Crippen molar-refractivity contribution in [2.45, 2.75) is 12.8 Å². The van der Waals surface area contributed by atoms with Gasteiger partial charge in [0.1, 0.15) is 11.2 Å². The number of hydrogen-bond donors (Lipinski definition) is 1. The highest BCUT2D eigenvalue weighted by molar-refractivity contribution is 5.94. The van der Waals surface area contributed by atoms with Gasteiger partial charge in [0.2, 0.25) is 5.88 Å². The van der Waals surface area contributed by atoms with Crippen LogP contribution in [0.5, 0.6) is 5.75 Å². The molecule has 0 radical (unpaired) electrons. The number of fused-ring (bicyclic) bond motifs is 3. The largest absolute Gasteiger partial charge is 0.462 e. The van der Waals surface area contributed by atoms with Gasteiger partial charge in [0.15, 0.2) is 5.75 Å². The van der Waals surface area contributed by atoms with E-state index < -0.39 is 17.5 Å². The van der Waals surface area contributed by atoms with Crippen molar-refractivity contribution in [1.82, 2.24) is 0 Å².